The molecule has 2 aromatic rings. The highest BCUT2D eigenvalue weighted by Gasteiger charge is 2.09. The normalized spacial score (nSPS) is 10.4. The third kappa shape index (κ3) is 5.79. The molecule has 0 saturated carbocycles. The van der Waals surface area contributed by atoms with E-state index in [0.29, 0.717) is 11.3 Å². The summed E-state index contributed by atoms with van der Waals surface area (Å²) >= 11 is 5.92. The topological polar surface area (TPSA) is 123 Å². The lowest BCUT2D eigenvalue weighted by Gasteiger charge is -2.05. The van der Waals surface area contributed by atoms with E-state index in [-0.39, 0.29) is 22.8 Å². The number of methoxy groups -OCH3 is 1. The number of rotatable bonds is 7. The summed E-state index contributed by atoms with van der Waals surface area (Å²) in [6.45, 7) is -0.301. The molecule has 0 heterocycles. The number of nitrogens with one attached hydrogen (secondary N) is 2. The molecule has 0 saturated heterocycles. The number of ether oxygens (including phenoxy) is 1. The van der Waals surface area contributed by atoms with Gasteiger partial charge in [0, 0.05) is 28.3 Å². The van der Waals surface area contributed by atoms with Gasteiger partial charge in [-0.15, -0.1) is 0 Å². The van der Waals surface area contributed by atoms with Crippen LogP contribution in [-0.4, -0.2) is 36.6 Å². The summed E-state index contributed by atoms with van der Waals surface area (Å²) in [6.07, 6.45) is 1.18. The Bertz CT molecular complexity index is 883. The third-order valence-corrected chi connectivity index (χ3v) is 3.69. The van der Waals surface area contributed by atoms with Gasteiger partial charge in [-0.25, -0.2) is 5.43 Å². The van der Waals surface area contributed by atoms with Crippen molar-refractivity contribution in [1.29, 1.82) is 0 Å². The first-order valence-corrected chi connectivity index (χ1v) is 7.96. The number of carbonyl (C=O) groups is 2. The van der Waals surface area contributed by atoms with E-state index in [1.807, 2.05) is 0 Å². The molecule has 0 unspecified atom stereocenters. The minimum atomic E-state index is -0.574. The summed E-state index contributed by atoms with van der Waals surface area (Å²) in [5, 5.41) is 17.1. The number of nitrogens with zero attached hydrogens (tertiary/aromatic N) is 2. The van der Waals surface area contributed by atoms with Crippen LogP contribution in [0.2, 0.25) is 5.02 Å². The van der Waals surface area contributed by atoms with Crippen molar-refractivity contribution in [1.82, 2.24) is 10.7 Å². The molecule has 0 aromatic heterocycles. The number of benzene rings is 2. The number of nitro benzene ring substituents is 1. The molecule has 0 radical (unpaired) electrons. The quantitative estimate of drug-likeness (QED) is 0.426. The van der Waals surface area contributed by atoms with Crippen LogP contribution in [0.3, 0.4) is 0 Å². The molecule has 0 bridgehead atoms. The molecule has 10 heteroatoms. The zero-order chi connectivity index (χ0) is 19.8. The van der Waals surface area contributed by atoms with Crippen molar-refractivity contribution < 1.29 is 19.2 Å². The second-order valence-electron chi connectivity index (χ2n) is 5.17. The number of non-ortho nitro benzene ring substituents is 1. The van der Waals surface area contributed by atoms with Crippen molar-refractivity contribution in [2.75, 3.05) is 13.7 Å². The van der Waals surface area contributed by atoms with E-state index < -0.39 is 16.7 Å². The molecular weight excluding hydrogens is 376 g/mol. The Labute approximate surface area is 159 Å². The zero-order valence-corrected chi connectivity index (χ0v) is 14.9. The van der Waals surface area contributed by atoms with Crippen molar-refractivity contribution in [2.45, 2.75) is 0 Å². The second kappa shape index (κ2) is 9.30. The molecule has 9 nitrogen and oxygen atoms in total. The molecule has 0 aliphatic heterocycles. The minimum absolute atomic E-state index is 0.154. The first kappa shape index (κ1) is 19.9. The monoisotopic (exact) mass is 390 g/mol. The molecule has 2 rings (SSSR count). The number of amides is 2. The van der Waals surface area contributed by atoms with Crippen LogP contribution in [0.5, 0.6) is 5.75 Å². The molecule has 2 aromatic carbocycles. The van der Waals surface area contributed by atoms with Crippen LogP contribution in [0.15, 0.2) is 47.6 Å². The van der Waals surface area contributed by atoms with Gasteiger partial charge < -0.3 is 10.1 Å². The summed E-state index contributed by atoms with van der Waals surface area (Å²) in [7, 11) is 1.51. The molecule has 0 aliphatic rings. The van der Waals surface area contributed by atoms with Gasteiger partial charge >= 0.3 is 0 Å². The van der Waals surface area contributed by atoms with Crippen LogP contribution in [0.25, 0.3) is 0 Å². The maximum atomic E-state index is 11.9. The van der Waals surface area contributed by atoms with E-state index in [2.05, 4.69) is 15.8 Å². The molecule has 0 aliphatic carbocycles. The number of carbonyl (C=O) groups excluding carboxylic acids is 2. The number of hydrogen-bond donors (Lipinski definition) is 2. The zero-order valence-electron chi connectivity index (χ0n) is 14.1. The van der Waals surface area contributed by atoms with Crippen LogP contribution in [0, 0.1) is 10.1 Å². The summed E-state index contributed by atoms with van der Waals surface area (Å²) in [5.74, 6) is -0.397. The highest BCUT2D eigenvalue weighted by atomic mass is 35.5. The highest BCUT2D eigenvalue weighted by molar-refractivity contribution is 6.33. The van der Waals surface area contributed by atoms with Gasteiger partial charge in [0.25, 0.3) is 17.5 Å². The van der Waals surface area contributed by atoms with Crippen molar-refractivity contribution in [3.63, 3.8) is 0 Å². The van der Waals surface area contributed by atoms with E-state index >= 15 is 0 Å². The van der Waals surface area contributed by atoms with Crippen molar-refractivity contribution in [2.24, 2.45) is 5.10 Å². The smallest absolute Gasteiger partial charge is 0.270 e. The first-order valence-electron chi connectivity index (χ1n) is 7.59. The number of nitro groups is 1. The molecule has 27 heavy (non-hydrogen) atoms. The average molecular weight is 391 g/mol. The lowest BCUT2D eigenvalue weighted by molar-refractivity contribution is -0.384. The standard InChI is InChI=1S/C17H15ClN4O5/c1-27-14-5-2-11(3-6-14)17(24)19-10-16(23)21-20-9-12-8-13(22(25)26)4-7-15(12)18/h2-9H,10H2,1H3,(H,19,24)(H,21,23)/b20-9+. The number of hydrogen-bond acceptors (Lipinski definition) is 6. The van der Waals surface area contributed by atoms with Crippen molar-refractivity contribution in [3.8, 4) is 5.75 Å². The SMILES string of the molecule is COc1ccc(C(=O)NCC(=O)N/N=C/c2cc([N+](=O)[O-])ccc2Cl)cc1. The fourth-order valence-corrected chi connectivity index (χ4v) is 2.13. The summed E-state index contributed by atoms with van der Waals surface area (Å²) < 4.78 is 5.00. The van der Waals surface area contributed by atoms with Crippen LogP contribution < -0.4 is 15.5 Å². The molecule has 140 valence electrons. The Hall–Kier alpha value is -3.46. The lowest BCUT2D eigenvalue weighted by Crippen LogP contribution is -2.34. The van der Waals surface area contributed by atoms with Crippen LogP contribution in [0.1, 0.15) is 15.9 Å². The van der Waals surface area contributed by atoms with Crippen molar-refractivity contribution in [3.05, 3.63) is 68.7 Å². The van der Waals surface area contributed by atoms with E-state index in [9.17, 15) is 19.7 Å². The van der Waals surface area contributed by atoms with Crippen molar-refractivity contribution >= 4 is 35.3 Å². The Balaban J connectivity index is 1.87. The van der Waals surface area contributed by atoms with Crippen LogP contribution in [0.4, 0.5) is 5.69 Å². The van der Waals surface area contributed by atoms with Gasteiger partial charge in [-0.05, 0) is 30.3 Å². The fraction of sp³-hybridized carbons (Fsp3) is 0.118. The number of halogens is 1. The second-order valence-corrected chi connectivity index (χ2v) is 5.57. The third-order valence-electron chi connectivity index (χ3n) is 3.34. The van der Waals surface area contributed by atoms with Crippen LogP contribution >= 0.6 is 11.6 Å². The largest absolute Gasteiger partial charge is 0.497 e. The van der Waals surface area contributed by atoms with E-state index in [1.54, 1.807) is 24.3 Å². The minimum Gasteiger partial charge on any atom is -0.497 e. The van der Waals surface area contributed by atoms with Gasteiger partial charge in [0.1, 0.15) is 5.75 Å². The highest BCUT2D eigenvalue weighted by Crippen LogP contribution is 2.20. The first-order chi connectivity index (χ1) is 12.9. The Morgan fingerprint density at radius 2 is 1.96 bits per heavy atom. The predicted octanol–water partition coefficient (Wildman–Crippen LogP) is 2.14. The van der Waals surface area contributed by atoms with Gasteiger partial charge in [-0.3, -0.25) is 19.7 Å². The molecule has 2 amide bonds. The lowest BCUT2D eigenvalue weighted by atomic mass is 10.2. The fourth-order valence-electron chi connectivity index (χ4n) is 1.96. The van der Waals surface area contributed by atoms with E-state index in [0.717, 1.165) is 0 Å². The summed E-state index contributed by atoms with van der Waals surface area (Å²) in [5.41, 5.74) is 2.69. The molecule has 0 spiro atoms. The van der Waals surface area contributed by atoms with E-state index in [1.165, 1.54) is 31.5 Å². The summed E-state index contributed by atoms with van der Waals surface area (Å²) in [6, 6.07) is 10.2. The summed E-state index contributed by atoms with van der Waals surface area (Å²) in [4.78, 5) is 33.8. The molecule has 0 fully saturated rings. The average Bonchev–Trinajstić information content (AvgIpc) is 2.67. The van der Waals surface area contributed by atoms with E-state index in [4.69, 9.17) is 16.3 Å². The van der Waals surface area contributed by atoms with Crippen LogP contribution in [-0.2, 0) is 4.79 Å². The maximum absolute atomic E-state index is 11.9. The predicted molar refractivity (Wildman–Crippen MR) is 99.2 cm³/mol. The van der Waals surface area contributed by atoms with Gasteiger partial charge in [-0.2, -0.15) is 5.10 Å². The number of hydrazone groups is 1. The molecule has 0 atom stereocenters. The maximum Gasteiger partial charge on any atom is 0.270 e. The Morgan fingerprint density at radius 1 is 1.26 bits per heavy atom. The Kier molecular flexibility index (Phi) is 6.84. The van der Waals surface area contributed by atoms with Gasteiger partial charge in [0.15, 0.2) is 0 Å². The molecule has 2 N–H and O–H groups in total. The Morgan fingerprint density at radius 3 is 2.59 bits per heavy atom. The van der Waals surface area contributed by atoms with Gasteiger partial charge in [-0.1, -0.05) is 11.6 Å². The molecular formula is C17H15ClN4O5. The van der Waals surface area contributed by atoms with Gasteiger partial charge in [0.05, 0.1) is 24.8 Å². The van der Waals surface area contributed by atoms with Gasteiger partial charge in [0.2, 0.25) is 0 Å².